The number of benzene rings is 1. The zero-order chi connectivity index (χ0) is 11.5. The Morgan fingerprint density at radius 3 is 2.75 bits per heavy atom. The van der Waals surface area contributed by atoms with Gasteiger partial charge in [-0.25, -0.2) is 0 Å². The molecular formula is C12H16ClNO2. The van der Waals surface area contributed by atoms with Crippen LogP contribution in [0.5, 0.6) is 11.5 Å². The second-order valence-electron chi connectivity index (χ2n) is 3.72. The lowest BCUT2D eigenvalue weighted by atomic mass is 10.0. The molecule has 3 nitrogen and oxygen atoms in total. The molecule has 0 aliphatic carbocycles. The minimum atomic E-state index is 0.595. The predicted molar refractivity (Wildman–Crippen MR) is 64.6 cm³/mol. The van der Waals surface area contributed by atoms with E-state index in [2.05, 4.69) is 12.2 Å². The second kappa shape index (κ2) is 4.93. The van der Waals surface area contributed by atoms with Crippen LogP contribution >= 0.6 is 11.6 Å². The smallest absolute Gasteiger partial charge is 0.164 e. The molecule has 0 aromatic heterocycles. The Hall–Kier alpha value is -0.930. The van der Waals surface area contributed by atoms with E-state index in [0.717, 1.165) is 40.6 Å². The molecule has 1 N–H and O–H groups in total. The third-order valence-corrected chi connectivity index (χ3v) is 3.04. The van der Waals surface area contributed by atoms with Crippen LogP contribution in [0, 0.1) is 0 Å². The molecule has 16 heavy (non-hydrogen) atoms. The molecular weight excluding hydrogens is 226 g/mol. The Bertz CT molecular complexity index is 393. The number of hydrogen-bond acceptors (Lipinski definition) is 3. The molecule has 4 heteroatoms. The van der Waals surface area contributed by atoms with E-state index in [1.165, 1.54) is 0 Å². The summed E-state index contributed by atoms with van der Waals surface area (Å²) in [5.41, 5.74) is 2.26. The number of nitrogens with one attached hydrogen (secondary N) is 1. The lowest BCUT2D eigenvalue weighted by Crippen LogP contribution is -2.18. The largest absolute Gasteiger partial charge is 0.486 e. The topological polar surface area (TPSA) is 30.5 Å². The summed E-state index contributed by atoms with van der Waals surface area (Å²) < 4.78 is 11.2. The van der Waals surface area contributed by atoms with Gasteiger partial charge in [0.2, 0.25) is 0 Å². The third-order valence-electron chi connectivity index (χ3n) is 2.70. The quantitative estimate of drug-likeness (QED) is 0.882. The first-order valence-electron chi connectivity index (χ1n) is 5.52. The minimum Gasteiger partial charge on any atom is -0.486 e. The number of rotatable bonds is 3. The van der Waals surface area contributed by atoms with Crippen LogP contribution in [0.15, 0.2) is 6.07 Å². The third kappa shape index (κ3) is 1.97. The first kappa shape index (κ1) is 11.6. The van der Waals surface area contributed by atoms with Gasteiger partial charge in [-0.15, -0.1) is 0 Å². The van der Waals surface area contributed by atoms with E-state index in [1.807, 2.05) is 13.1 Å². The van der Waals surface area contributed by atoms with Gasteiger partial charge in [0.15, 0.2) is 11.5 Å². The Kier molecular flexibility index (Phi) is 3.56. The van der Waals surface area contributed by atoms with Crippen LogP contribution in [0.3, 0.4) is 0 Å². The van der Waals surface area contributed by atoms with Crippen LogP contribution in [0.25, 0.3) is 0 Å². The summed E-state index contributed by atoms with van der Waals surface area (Å²) in [6.45, 7) is 4.06. The Labute approximate surface area is 101 Å². The maximum Gasteiger partial charge on any atom is 0.164 e. The van der Waals surface area contributed by atoms with Gasteiger partial charge in [-0.3, -0.25) is 0 Å². The van der Waals surface area contributed by atoms with Crippen molar-refractivity contribution in [2.75, 3.05) is 20.3 Å². The summed E-state index contributed by atoms with van der Waals surface area (Å²) in [6.07, 6.45) is 0.892. The second-order valence-corrected chi connectivity index (χ2v) is 4.13. The molecule has 0 bridgehead atoms. The van der Waals surface area contributed by atoms with Crippen LogP contribution in [0.4, 0.5) is 0 Å². The molecule has 1 heterocycles. The zero-order valence-corrected chi connectivity index (χ0v) is 10.4. The van der Waals surface area contributed by atoms with E-state index in [0.29, 0.717) is 13.2 Å². The summed E-state index contributed by atoms with van der Waals surface area (Å²) in [7, 11) is 1.91. The van der Waals surface area contributed by atoms with Gasteiger partial charge in [0, 0.05) is 23.2 Å². The fraction of sp³-hybridized carbons (Fsp3) is 0.500. The lowest BCUT2D eigenvalue weighted by Gasteiger charge is -2.23. The normalized spacial score (nSPS) is 13.9. The van der Waals surface area contributed by atoms with Gasteiger partial charge in [-0.1, -0.05) is 18.5 Å². The molecule has 0 fully saturated rings. The number of hydrogen-bond donors (Lipinski definition) is 1. The average molecular weight is 242 g/mol. The van der Waals surface area contributed by atoms with Crippen molar-refractivity contribution < 1.29 is 9.47 Å². The summed E-state index contributed by atoms with van der Waals surface area (Å²) in [6, 6.07) is 1.85. The molecule has 0 atom stereocenters. The lowest BCUT2D eigenvalue weighted by molar-refractivity contribution is 0.170. The molecule has 2 rings (SSSR count). The van der Waals surface area contributed by atoms with Crippen molar-refractivity contribution in [3.8, 4) is 11.5 Å². The highest BCUT2D eigenvalue weighted by Gasteiger charge is 2.20. The van der Waals surface area contributed by atoms with E-state index in [9.17, 15) is 0 Å². The maximum absolute atomic E-state index is 6.25. The minimum absolute atomic E-state index is 0.595. The molecule has 0 amide bonds. The highest BCUT2D eigenvalue weighted by molar-refractivity contribution is 6.31. The van der Waals surface area contributed by atoms with Crippen molar-refractivity contribution in [1.29, 1.82) is 0 Å². The maximum atomic E-state index is 6.25. The van der Waals surface area contributed by atoms with E-state index in [4.69, 9.17) is 21.1 Å². The molecule has 0 saturated carbocycles. The van der Waals surface area contributed by atoms with Gasteiger partial charge in [-0.2, -0.15) is 0 Å². The Balaban J connectivity index is 2.52. The van der Waals surface area contributed by atoms with Crippen molar-refractivity contribution in [1.82, 2.24) is 5.32 Å². The van der Waals surface area contributed by atoms with Crippen LogP contribution in [0.2, 0.25) is 5.02 Å². The monoisotopic (exact) mass is 241 g/mol. The number of fused-ring (bicyclic) bond motifs is 1. The molecule has 0 radical (unpaired) electrons. The predicted octanol–water partition coefficient (Wildman–Crippen LogP) is 2.39. The van der Waals surface area contributed by atoms with Gasteiger partial charge < -0.3 is 14.8 Å². The Morgan fingerprint density at radius 1 is 1.31 bits per heavy atom. The van der Waals surface area contributed by atoms with Crippen LogP contribution in [-0.2, 0) is 13.0 Å². The van der Waals surface area contributed by atoms with E-state index in [-0.39, 0.29) is 0 Å². The van der Waals surface area contributed by atoms with Crippen molar-refractivity contribution >= 4 is 11.6 Å². The molecule has 0 unspecified atom stereocenters. The SMILES string of the molecule is CCc1c(CNC)c(Cl)cc2c1OCCO2. The first-order valence-corrected chi connectivity index (χ1v) is 5.90. The molecule has 1 aromatic carbocycles. The molecule has 0 saturated heterocycles. The van der Waals surface area contributed by atoms with Crippen molar-refractivity contribution in [3.05, 3.63) is 22.2 Å². The van der Waals surface area contributed by atoms with Crippen LogP contribution in [0.1, 0.15) is 18.1 Å². The fourth-order valence-corrected chi connectivity index (χ4v) is 2.28. The zero-order valence-electron chi connectivity index (χ0n) is 9.60. The standard InChI is InChI=1S/C12H16ClNO2/c1-3-8-9(7-14-2)10(13)6-11-12(8)16-5-4-15-11/h6,14H,3-5,7H2,1-2H3. The summed E-state index contributed by atoms with van der Waals surface area (Å²) in [5.74, 6) is 1.64. The molecule has 1 aliphatic heterocycles. The van der Waals surface area contributed by atoms with Crippen LogP contribution in [-0.4, -0.2) is 20.3 Å². The number of halogens is 1. The molecule has 1 aliphatic rings. The van der Waals surface area contributed by atoms with Gasteiger partial charge in [-0.05, 0) is 19.0 Å². The van der Waals surface area contributed by atoms with Gasteiger partial charge >= 0.3 is 0 Å². The van der Waals surface area contributed by atoms with E-state index < -0.39 is 0 Å². The summed E-state index contributed by atoms with van der Waals surface area (Å²) in [4.78, 5) is 0. The van der Waals surface area contributed by atoms with E-state index in [1.54, 1.807) is 0 Å². The van der Waals surface area contributed by atoms with Gasteiger partial charge in [0.25, 0.3) is 0 Å². The van der Waals surface area contributed by atoms with Crippen LogP contribution < -0.4 is 14.8 Å². The summed E-state index contributed by atoms with van der Waals surface area (Å²) >= 11 is 6.25. The Morgan fingerprint density at radius 2 is 2.06 bits per heavy atom. The first-order chi connectivity index (χ1) is 7.77. The molecule has 0 spiro atoms. The highest BCUT2D eigenvalue weighted by atomic mass is 35.5. The summed E-state index contributed by atoms with van der Waals surface area (Å²) in [5, 5.41) is 3.87. The fourth-order valence-electron chi connectivity index (χ4n) is 2.00. The van der Waals surface area contributed by atoms with Gasteiger partial charge in [0.05, 0.1) is 0 Å². The van der Waals surface area contributed by atoms with Crippen molar-refractivity contribution in [2.45, 2.75) is 19.9 Å². The highest BCUT2D eigenvalue weighted by Crippen LogP contribution is 2.40. The van der Waals surface area contributed by atoms with Crippen molar-refractivity contribution in [3.63, 3.8) is 0 Å². The van der Waals surface area contributed by atoms with E-state index >= 15 is 0 Å². The number of ether oxygens (including phenoxy) is 2. The van der Waals surface area contributed by atoms with Gasteiger partial charge in [0.1, 0.15) is 13.2 Å². The molecule has 1 aromatic rings. The molecule has 88 valence electrons. The average Bonchev–Trinajstić information content (AvgIpc) is 2.30. The van der Waals surface area contributed by atoms with Crippen molar-refractivity contribution in [2.24, 2.45) is 0 Å².